The molecule has 0 aromatic rings. The van der Waals surface area contributed by atoms with E-state index in [1.807, 2.05) is 0 Å². The maximum atomic E-state index is 11.7. The average molecular weight is 371 g/mol. The molecule has 3 fully saturated rings. The van der Waals surface area contributed by atoms with E-state index in [1.54, 1.807) is 17.2 Å². The predicted octanol–water partition coefficient (Wildman–Crippen LogP) is 5.39. The molecule has 0 saturated heterocycles. The van der Waals surface area contributed by atoms with Crippen molar-refractivity contribution in [1.82, 2.24) is 0 Å². The van der Waals surface area contributed by atoms with Crippen molar-refractivity contribution < 1.29 is 9.90 Å². The number of aliphatic hydroxyl groups excluding tert-OH is 1. The van der Waals surface area contributed by atoms with Crippen LogP contribution >= 0.6 is 11.8 Å². The summed E-state index contributed by atoms with van der Waals surface area (Å²) in [5, 5.41) is 10.3. The molecule has 0 radical (unpaired) electrons. The zero-order valence-corrected chi connectivity index (χ0v) is 16.8. The summed E-state index contributed by atoms with van der Waals surface area (Å²) in [4.78, 5) is 13.0. The molecule has 0 amide bonds. The first-order valence-corrected chi connectivity index (χ1v) is 11.2. The Balaban J connectivity index is 1.49. The molecule has 26 heavy (non-hydrogen) atoms. The van der Waals surface area contributed by atoms with E-state index >= 15 is 0 Å². The molecule has 6 atom stereocenters. The third-order valence-corrected chi connectivity index (χ3v) is 9.68. The van der Waals surface area contributed by atoms with Crippen LogP contribution in [-0.4, -0.2) is 16.3 Å². The van der Waals surface area contributed by atoms with Crippen molar-refractivity contribution in [2.45, 2.75) is 71.3 Å². The van der Waals surface area contributed by atoms with Crippen LogP contribution in [0.15, 0.2) is 34.3 Å². The van der Waals surface area contributed by atoms with Gasteiger partial charge in [0, 0.05) is 4.91 Å². The molecule has 140 valence electrons. The van der Waals surface area contributed by atoms with E-state index in [9.17, 15) is 9.90 Å². The first-order chi connectivity index (χ1) is 12.4. The van der Waals surface area contributed by atoms with Gasteiger partial charge in [-0.2, -0.15) is 0 Å². The van der Waals surface area contributed by atoms with Gasteiger partial charge in [-0.3, -0.25) is 4.79 Å². The van der Waals surface area contributed by atoms with Crippen LogP contribution in [0.3, 0.4) is 0 Å². The Morgan fingerprint density at radius 1 is 1.08 bits per heavy atom. The first-order valence-electron chi connectivity index (χ1n) is 10.4. The van der Waals surface area contributed by atoms with Crippen LogP contribution in [0.2, 0.25) is 0 Å². The Bertz CT molecular complexity index is 747. The van der Waals surface area contributed by atoms with Crippen LogP contribution in [0.4, 0.5) is 0 Å². The summed E-state index contributed by atoms with van der Waals surface area (Å²) in [5.74, 6) is 2.32. The fraction of sp³-hybridized carbons (Fsp3) is 0.696. The van der Waals surface area contributed by atoms with Gasteiger partial charge in [0.1, 0.15) is 0 Å². The Morgan fingerprint density at radius 3 is 2.62 bits per heavy atom. The van der Waals surface area contributed by atoms with Crippen molar-refractivity contribution in [1.29, 1.82) is 0 Å². The minimum atomic E-state index is -0.119. The molecule has 3 heteroatoms. The molecule has 1 heterocycles. The second-order valence-corrected chi connectivity index (χ2v) is 10.8. The van der Waals surface area contributed by atoms with Crippen molar-refractivity contribution in [2.24, 2.45) is 28.6 Å². The van der Waals surface area contributed by atoms with E-state index in [0.29, 0.717) is 5.41 Å². The molecule has 5 aliphatic rings. The van der Waals surface area contributed by atoms with Crippen molar-refractivity contribution in [3.8, 4) is 0 Å². The zero-order valence-electron chi connectivity index (χ0n) is 16.0. The zero-order chi connectivity index (χ0) is 18.1. The van der Waals surface area contributed by atoms with Crippen LogP contribution in [0.25, 0.3) is 0 Å². The van der Waals surface area contributed by atoms with Gasteiger partial charge in [-0.15, -0.1) is 0 Å². The summed E-state index contributed by atoms with van der Waals surface area (Å²) in [6.45, 7) is 4.99. The molecule has 0 bridgehead atoms. The van der Waals surface area contributed by atoms with Gasteiger partial charge < -0.3 is 5.11 Å². The summed E-state index contributed by atoms with van der Waals surface area (Å²) in [5.41, 5.74) is 3.73. The maximum absolute atomic E-state index is 11.7. The minimum Gasteiger partial charge on any atom is -0.393 e. The largest absolute Gasteiger partial charge is 0.393 e. The first kappa shape index (κ1) is 17.3. The van der Waals surface area contributed by atoms with Gasteiger partial charge in [0.25, 0.3) is 0 Å². The highest BCUT2D eigenvalue weighted by Gasteiger charge is 2.57. The van der Waals surface area contributed by atoms with Crippen LogP contribution < -0.4 is 0 Å². The highest BCUT2D eigenvalue weighted by molar-refractivity contribution is 8.17. The number of carbonyl (C=O) groups is 1. The predicted molar refractivity (Wildman–Crippen MR) is 106 cm³/mol. The fourth-order valence-electron chi connectivity index (χ4n) is 7.34. The lowest BCUT2D eigenvalue weighted by atomic mass is 9.48. The highest BCUT2D eigenvalue weighted by atomic mass is 32.2. The Labute approximate surface area is 161 Å². The van der Waals surface area contributed by atoms with Crippen molar-refractivity contribution in [2.75, 3.05) is 0 Å². The summed E-state index contributed by atoms with van der Waals surface area (Å²) >= 11 is 1.45. The van der Waals surface area contributed by atoms with Crippen molar-refractivity contribution in [3.63, 3.8) is 0 Å². The van der Waals surface area contributed by atoms with E-state index in [-0.39, 0.29) is 16.6 Å². The Morgan fingerprint density at radius 2 is 1.85 bits per heavy atom. The van der Waals surface area contributed by atoms with Gasteiger partial charge in [-0.25, -0.2) is 0 Å². The lowest BCUT2D eigenvalue weighted by Crippen LogP contribution is -2.49. The Kier molecular flexibility index (Phi) is 3.89. The normalized spacial score (nSPS) is 50.3. The lowest BCUT2D eigenvalue weighted by molar-refractivity contribution is -0.106. The fourth-order valence-corrected chi connectivity index (χ4v) is 8.29. The molecular weight excluding hydrogens is 340 g/mol. The van der Waals surface area contributed by atoms with Crippen LogP contribution in [0, 0.1) is 28.6 Å². The van der Waals surface area contributed by atoms with E-state index in [2.05, 4.69) is 26.0 Å². The second-order valence-electron chi connectivity index (χ2n) is 9.75. The van der Waals surface area contributed by atoms with E-state index in [1.165, 1.54) is 48.8 Å². The molecule has 5 rings (SSSR count). The maximum Gasteiger partial charge on any atom is 0.216 e. The third-order valence-electron chi connectivity index (χ3n) is 8.74. The SMILES string of the molecule is CC12CCC(O)CC1=CCC1C2CCC2(C)/C(=C3/C=CC(=O)S3)CCC12. The standard InChI is InChI=1S/C23H30O2S/c1-22-11-9-15(24)13-14(22)3-4-16-17-5-6-19(20-7-8-21(25)26-20)23(17,2)12-10-18(16)22/h3,7-8,15-18,24H,4-6,9-13H2,1-2H3/b20-19-. The van der Waals surface area contributed by atoms with Gasteiger partial charge in [0.05, 0.1) is 6.10 Å². The number of carbonyl (C=O) groups excluding carboxylic acids is 1. The quantitative estimate of drug-likeness (QED) is 0.581. The topological polar surface area (TPSA) is 37.3 Å². The molecule has 0 spiro atoms. The monoisotopic (exact) mass is 370 g/mol. The molecule has 1 aliphatic heterocycles. The molecule has 0 aromatic heterocycles. The van der Waals surface area contributed by atoms with Crippen LogP contribution in [0.5, 0.6) is 0 Å². The number of aliphatic hydroxyl groups is 1. The summed E-state index contributed by atoms with van der Waals surface area (Å²) in [7, 11) is 0. The number of fused-ring (bicyclic) bond motifs is 5. The van der Waals surface area contributed by atoms with E-state index in [4.69, 9.17) is 0 Å². The smallest absolute Gasteiger partial charge is 0.216 e. The summed E-state index contributed by atoms with van der Waals surface area (Å²) in [6, 6.07) is 0. The number of rotatable bonds is 0. The van der Waals surface area contributed by atoms with E-state index < -0.39 is 0 Å². The van der Waals surface area contributed by atoms with Gasteiger partial charge >= 0.3 is 0 Å². The molecule has 0 aromatic carbocycles. The van der Waals surface area contributed by atoms with Gasteiger partial charge in [0.15, 0.2) is 0 Å². The van der Waals surface area contributed by atoms with Crippen LogP contribution in [0.1, 0.15) is 65.2 Å². The highest BCUT2D eigenvalue weighted by Crippen LogP contribution is 2.67. The molecule has 6 unspecified atom stereocenters. The molecule has 1 N–H and O–H groups in total. The number of thioether (sulfide) groups is 1. The van der Waals surface area contributed by atoms with Gasteiger partial charge in [-0.1, -0.05) is 25.5 Å². The van der Waals surface area contributed by atoms with E-state index in [0.717, 1.165) is 37.0 Å². The number of allylic oxidation sites excluding steroid dienone is 3. The van der Waals surface area contributed by atoms with Crippen LogP contribution in [-0.2, 0) is 4.79 Å². The Hall–Kier alpha value is -0.800. The van der Waals surface area contributed by atoms with Crippen molar-refractivity contribution in [3.05, 3.63) is 34.3 Å². The molecule has 3 saturated carbocycles. The molecule has 2 nitrogen and oxygen atoms in total. The third kappa shape index (κ3) is 2.32. The summed E-state index contributed by atoms with van der Waals surface area (Å²) < 4.78 is 0. The van der Waals surface area contributed by atoms with Gasteiger partial charge in [-0.05, 0) is 109 Å². The van der Waals surface area contributed by atoms with Crippen molar-refractivity contribution >= 4 is 16.9 Å². The minimum absolute atomic E-state index is 0.119. The average Bonchev–Trinajstić information content (AvgIpc) is 3.18. The lowest BCUT2D eigenvalue weighted by Gasteiger charge is -2.57. The summed E-state index contributed by atoms with van der Waals surface area (Å²) in [6.07, 6.45) is 15.5. The molecular formula is C23H30O2S. The second kappa shape index (κ2) is 5.85. The molecule has 4 aliphatic carbocycles. The number of hydrogen-bond acceptors (Lipinski definition) is 3. The van der Waals surface area contributed by atoms with Gasteiger partial charge in [0.2, 0.25) is 5.12 Å². The number of hydrogen-bond donors (Lipinski definition) is 1.